The smallest absolute Gasteiger partial charge is 0.257 e. The average molecular weight is 473 g/mol. The normalized spacial score (nSPS) is 15.1. The summed E-state index contributed by atoms with van der Waals surface area (Å²) in [4.78, 5) is 18.3. The summed E-state index contributed by atoms with van der Waals surface area (Å²) in [5, 5.41) is 3.31. The number of piperazine rings is 1. The minimum atomic E-state index is -3.47. The Morgan fingerprint density at radius 2 is 1.90 bits per heavy atom. The number of ether oxygens (including phenoxy) is 1. The zero-order valence-electron chi connectivity index (χ0n) is 16.1. The van der Waals surface area contributed by atoms with Crippen LogP contribution in [0, 0.1) is 0 Å². The Labute approximate surface area is 185 Å². The lowest BCUT2D eigenvalue weighted by atomic mass is 10.3. The topological polar surface area (TPSA) is 91.8 Å². The first-order valence-corrected chi connectivity index (χ1v) is 11.7. The van der Waals surface area contributed by atoms with E-state index in [1.54, 1.807) is 18.3 Å². The molecule has 1 amide bonds. The largest absolute Gasteiger partial charge is 0.482 e. The van der Waals surface area contributed by atoms with Gasteiger partial charge in [-0.05, 0) is 30.3 Å². The standard InChI is InChI=1S/C19H22Cl2N4O4S/c20-15-4-5-17(16(21)13-15)29-14-19(26)23-7-12-30(27,28)25-10-8-24(9-11-25)18-3-1-2-6-22-18/h1-6,13H,7-12,14H2,(H,23,26). The second-order valence-corrected chi connectivity index (χ2v) is 9.54. The van der Waals surface area contributed by atoms with Crippen LogP contribution in [0.5, 0.6) is 5.75 Å². The van der Waals surface area contributed by atoms with Gasteiger partial charge in [0, 0.05) is 43.9 Å². The van der Waals surface area contributed by atoms with Gasteiger partial charge in [0.1, 0.15) is 11.6 Å². The van der Waals surface area contributed by atoms with Crippen LogP contribution >= 0.6 is 23.2 Å². The number of hydrogen-bond acceptors (Lipinski definition) is 6. The van der Waals surface area contributed by atoms with Gasteiger partial charge in [0.2, 0.25) is 10.0 Å². The lowest BCUT2D eigenvalue weighted by molar-refractivity contribution is -0.122. The Morgan fingerprint density at radius 3 is 2.57 bits per heavy atom. The molecule has 162 valence electrons. The van der Waals surface area contributed by atoms with Crippen molar-refractivity contribution in [1.29, 1.82) is 0 Å². The maximum Gasteiger partial charge on any atom is 0.257 e. The Kier molecular flexibility index (Phi) is 7.76. The van der Waals surface area contributed by atoms with E-state index in [0.29, 0.717) is 42.0 Å². The first kappa shape index (κ1) is 22.6. The summed E-state index contributed by atoms with van der Waals surface area (Å²) in [6.45, 7) is 1.62. The molecule has 1 aromatic heterocycles. The van der Waals surface area contributed by atoms with Crippen molar-refractivity contribution in [3.05, 3.63) is 52.6 Å². The van der Waals surface area contributed by atoms with Gasteiger partial charge in [-0.3, -0.25) is 4.79 Å². The molecular formula is C19H22Cl2N4O4S. The summed E-state index contributed by atoms with van der Waals surface area (Å²) >= 11 is 11.8. The number of sulfonamides is 1. The first-order chi connectivity index (χ1) is 14.3. The highest BCUT2D eigenvalue weighted by atomic mass is 35.5. The number of pyridine rings is 1. The van der Waals surface area contributed by atoms with Crippen LogP contribution in [0.3, 0.4) is 0 Å². The number of hydrogen-bond donors (Lipinski definition) is 1. The highest BCUT2D eigenvalue weighted by molar-refractivity contribution is 7.89. The second kappa shape index (κ2) is 10.3. The minimum Gasteiger partial charge on any atom is -0.482 e. The average Bonchev–Trinajstić information content (AvgIpc) is 2.74. The van der Waals surface area contributed by atoms with Crippen LogP contribution in [0.2, 0.25) is 10.0 Å². The van der Waals surface area contributed by atoms with Gasteiger partial charge in [-0.1, -0.05) is 29.3 Å². The molecule has 0 radical (unpaired) electrons. The van der Waals surface area contributed by atoms with E-state index in [1.165, 1.54) is 10.4 Å². The van der Waals surface area contributed by atoms with E-state index in [0.717, 1.165) is 5.82 Å². The molecule has 0 spiro atoms. The second-order valence-electron chi connectivity index (χ2n) is 6.60. The lowest BCUT2D eigenvalue weighted by Gasteiger charge is -2.34. The summed E-state index contributed by atoms with van der Waals surface area (Å²) in [6.07, 6.45) is 1.71. The Hall–Kier alpha value is -2.07. The SMILES string of the molecule is O=C(COc1ccc(Cl)cc1Cl)NCCS(=O)(=O)N1CCN(c2ccccn2)CC1. The zero-order valence-corrected chi connectivity index (χ0v) is 18.5. The van der Waals surface area contributed by atoms with E-state index in [-0.39, 0.29) is 18.9 Å². The van der Waals surface area contributed by atoms with Crippen LogP contribution in [0.1, 0.15) is 0 Å². The number of halogens is 2. The van der Waals surface area contributed by atoms with Crippen molar-refractivity contribution in [2.45, 2.75) is 0 Å². The van der Waals surface area contributed by atoms with Crippen LogP contribution in [-0.2, 0) is 14.8 Å². The van der Waals surface area contributed by atoms with Crippen LogP contribution in [0.4, 0.5) is 5.82 Å². The first-order valence-electron chi connectivity index (χ1n) is 9.33. The molecule has 11 heteroatoms. The lowest BCUT2D eigenvalue weighted by Crippen LogP contribution is -2.50. The number of nitrogens with one attached hydrogen (secondary N) is 1. The zero-order chi connectivity index (χ0) is 21.6. The van der Waals surface area contributed by atoms with E-state index in [9.17, 15) is 13.2 Å². The van der Waals surface area contributed by atoms with Crippen molar-refractivity contribution in [3.63, 3.8) is 0 Å². The third-order valence-electron chi connectivity index (χ3n) is 4.54. The van der Waals surface area contributed by atoms with Crippen molar-refractivity contribution in [2.24, 2.45) is 0 Å². The highest BCUT2D eigenvalue weighted by Gasteiger charge is 2.27. The molecule has 2 aromatic rings. The molecule has 1 aliphatic heterocycles. The highest BCUT2D eigenvalue weighted by Crippen LogP contribution is 2.27. The molecule has 0 saturated carbocycles. The number of anilines is 1. The van der Waals surface area contributed by atoms with Crippen LogP contribution < -0.4 is 15.0 Å². The van der Waals surface area contributed by atoms with E-state index < -0.39 is 15.9 Å². The molecule has 1 fully saturated rings. The van der Waals surface area contributed by atoms with Crippen LogP contribution in [-0.4, -0.2) is 68.7 Å². The Morgan fingerprint density at radius 1 is 1.13 bits per heavy atom. The fourth-order valence-electron chi connectivity index (χ4n) is 2.97. The maximum absolute atomic E-state index is 12.5. The monoisotopic (exact) mass is 472 g/mol. The molecule has 1 aliphatic rings. The predicted molar refractivity (Wildman–Crippen MR) is 117 cm³/mol. The fourth-order valence-corrected chi connectivity index (χ4v) is 4.77. The Bertz CT molecular complexity index is 968. The molecule has 1 N–H and O–H groups in total. The summed E-state index contributed by atoms with van der Waals surface area (Å²) in [5.74, 6) is 0.553. The van der Waals surface area contributed by atoms with Gasteiger partial charge >= 0.3 is 0 Å². The molecule has 0 atom stereocenters. The van der Waals surface area contributed by atoms with Crippen LogP contribution in [0.15, 0.2) is 42.6 Å². The van der Waals surface area contributed by atoms with Crippen molar-refractivity contribution in [2.75, 3.05) is 50.0 Å². The Balaban J connectivity index is 1.40. The molecule has 30 heavy (non-hydrogen) atoms. The number of amides is 1. The summed E-state index contributed by atoms with van der Waals surface area (Å²) < 4.78 is 31.9. The quantitative estimate of drug-likeness (QED) is 0.631. The van der Waals surface area contributed by atoms with E-state index in [2.05, 4.69) is 10.3 Å². The number of nitrogens with zero attached hydrogens (tertiary/aromatic N) is 3. The van der Waals surface area contributed by atoms with Gasteiger partial charge in [0.05, 0.1) is 10.8 Å². The van der Waals surface area contributed by atoms with Gasteiger partial charge in [0.15, 0.2) is 6.61 Å². The van der Waals surface area contributed by atoms with Gasteiger partial charge in [0.25, 0.3) is 5.91 Å². The number of rotatable bonds is 8. The number of carbonyl (C=O) groups is 1. The minimum absolute atomic E-state index is 0.000663. The number of benzene rings is 1. The molecule has 0 aliphatic carbocycles. The van der Waals surface area contributed by atoms with E-state index in [1.807, 2.05) is 23.1 Å². The molecule has 8 nitrogen and oxygen atoms in total. The molecule has 1 saturated heterocycles. The number of aromatic nitrogens is 1. The fraction of sp³-hybridized carbons (Fsp3) is 0.368. The summed E-state index contributed by atoms with van der Waals surface area (Å²) in [6, 6.07) is 10.3. The third-order valence-corrected chi connectivity index (χ3v) is 6.94. The van der Waals surface area contributed by atoms with Crippen LogP contribution in [0.25, 0.3) is 0 Å². The predicted octanol–water partition coefficient (Wildman–Crippen LogP) is 2.04. The molecule has 1 aromatic carbocycles. The maximum atomic E-state index is 12.5. The van der Waals surface area contributed by atoms with Crippen molar-refractivity contribution in [3.8, 4) is 5.75 Å². The summed E-state index contributed by atoms with van der Waals surface area (Å²) in [5.41, 5.74) is 0. The van der Waals surface area contributed by atoms with Crippen molar-refractivity contribution >= 4 is 45.0 Å². The third kappa shape index (κ3) is 6.21. The molecule has 0 unspecified atom stereocenters. The van der Waals surface area contributed by atoms with E-state index >= 15 is 0 Å². The van der Waals surface area contributed by atoms with E-state index in [4.69, 9.17) is 27.9 Å². The van der Waals surface area contributed by atoms with Gasteiger partial charge in [-0.25, -0.2) is 13.4 Å². The molecule has 0 bridgehead atoms. The molecular weight excluding hydrogens is 451 g/mol. The van der Waals surface area contributed by atoms with Crippen molar-refractivity contribution in [1.82, 2.24) is 14.6 Å². The molecule has 2 heterocycles. The van der Waals surface area contributed by atoms with Gasteiger partial charge < -0.3 is 15.0 Å². The molecule has 3 rings (SSSR count). The van der Waals surface area contributed by atoms with Gasteiger partial charge in [-0.2, -0.15) is 4.31 Å². The summed E-state index contributed by atoms with van der Waals surface area (Å²) in [7, 11) is -3.47. The number of carbonyl (C=O) groups excluding carboxylic acids is 1. The van der Waals surface area contributed by atoms with Gasteiger partial charge in [-0.15, -0.1) is 0 Å². The van der Waals surface area contributed by atoms with Crippen molar-refractivity contribution < 1.29 is 17.9 Å².